The van der Waals surface area contributed by atoms with Crippen LogP contribution in [0.25, 0.3) is 10.9 Å². The SMILES string of the molecule is C[C@@H]1NC(=O)C(CCCCN)NC(=O)[C@H]([C@@H](C)O)NC(=O)C(CCCN=C(N)N)NC(=O)[C@H]([C@@H](C)O)NC(=O)CCCN(CCS)C(=O)C[C@@H](C(=O)N2CCC[C@H]2C(=O)NCC(=O)NCC=O)NN[C@@H](CO)C(=O)C(=O)[C@H](Cc2c[nH]c3ccccc23)NC(=O)C(Cc2ccc(O)cc2)NC1=O. The van der Waals surface area contributed by atoms with Crippen molar-refractivity contribution in [2.75, 3.05) is 58.2 Å². The zero-order valence-electron chi connectivity index (χ0n) is 57.1. The number of phenols is 1. The smallest absolute Gasteiger partial charge is 0.245 e. The number of rotatable bonds is 23. The number of aromatic amines is 1. The van der Waals surface area contributed by atoms with E-state index in [-0.39, 0.29) is 108 Å². The van der Waals surface area contributed by atoms with E-state index in [1.165, 1.54) is 49.2 Å². The summed E-state index contributed by atoms with van der Waals surface area (Å²) >= 11 is 4.32. The predicted molar refractivity (Wildman–Crippen MR) is 371 cm³/mol. The molecule has 0 bridgehead atoms. The molecule has 12 atom stereocenters. The third-order valence-electron chi connectivity index (χ3n) is 16.8. The molecule has 37 heteroatoms. The van der Waals surface area contributed by atoms with Gasteiger partial charge in [-0.15, -0.1) is 0 Å². The number of nitrogens with zero attached hydrogens (tertiary/aromatic N) is 3. The van der Waals surface area contributed by atoms with E-state index in [1.807, 2.05) is 0 Å². The van der Waals surface area contributed by atoms with Crippen LogP contribution < -0.4 is 75.9 Å². The van der Waals surface area contributed by atoms with Gasteiger partial charge in [0, 0.05) is 68.3 Å². The Hall–Kier alpha value is -9.66. The largest absolute Gasteiger partial charge is 0.508 e. The summed E-state index contributed by atoms with van der Waals surface area (Å²) in [4.78, 5) is 205. The predicted octanol–water partition coefficient (Wildman–Crippen LogP) is -6.66. The van der Waals surface area contributed by atoms with Crippen molar-refractivity contribution in [3.05, 3.63) is 65.9 Å². The van der Waals surface area contributed by atoms with Crippen LogP contribution in [0.4, 0.5) is 0 Å². The number of nitrogens with two attached hydrogens (primary N) is 3. The fourth-order valence-electron chi connectivity index (χ4n) is 11.3. The van der Waals surface area contributed by atoms with Crippen LogP contribution in [-0.4, -0.2) is 255 Å². The van der Waals surface area contributed by atoms with E-state index in [9.17, 15) is 87.5 Å². The number of nitrogens with one attached hydrogen (secondary N) is 12. The number of aliphatic hydroxyl groups excluding tert-OH is 3. The van der Waals surface area contributed by atoms with Gasteiger partial charge < -0.3 is 105 Å². The van der Waals surface area contributed by atoms with Crippen LogP contribution in [0, 0.1) is 0 Å². The van der Waals surface area contributed by atoms with Crippen LogP contribution in [0.15, 0.2) is 59.7 Å². The number of H-pyrrole nitrogens is 1. The van der Waals surface area contributed by atoms with Crippen molar-refractivity contribution in [3.8, 4) is 5.75 Å². The maximum absolute atomic E-state index is 15.0. The van der Waals surface area contributed by atoms with Gasteiger partial charge in [0.25, 0.3) is 0 Å². The Labute approximate surface area is 593 Å². The number of hydrogen-bond acceptors (Lipinski definition) is 23. The molecule has 2 saturated heterocycles. The van der Waals surface area contributed by atoms with Gasteiger partial charge in [0.1, 0.15) is 66.4 Å². The molecule has 0 aliphatic carbocycles. The van der Waals surface area contributed by atoms with Gasteiger partial charge in [-0.25, -0.2) is 10.9 Å². The number of aromatic hydroxyl groups is 1. The lowest BCUT2D eigenvalue weighted by Gasteiger charge is -2.31. The maximum Gasteiger partial charge on any atom is 0.245 e. The van der Waals surface area contributed by atoms with Gasteiger partial charge in [-0.1, -0.05) is 30.3 Å². The minimum Gasteiger partial charge on any atom is -0.508 e. The average molecular weight is 1450 g/mol. The summed E-state index contributed by atoms with van der Waals surface area (Å²) < 4.78 is 0. The molecular formula is C65H96N18O18S. The monoisotopic (exact) mass is 1450 g/mol. The van der Waals surface area contributed by atoms with Crippen LogP contribution in [0.1, 0.15) is 96.1 Å². The molecule has 3 unspecified atom stereocenters. The second-order valence-corrected chi connectivity index (χ2v) is 25.2. The number of aliphatic hydroxyl groups is 3. The standard InChI is InChI=1S/C65H96N18O18S/c1-35-57(94)77-46(29-38-17-19-40(88)20-18-38)60(97)76-45(30-39-32-71-42-12-5-4-11-41(39)42)55(92)56(93)48(34-85)81-80-47(64(101)83-25-9-15-49(83)61(98)72-33-51(90)69-23-27-84)31-52(91)82(26-28-102)24-10-16-50(89)78-53(36(2)86)62(99)75-44(14-8-22-70-65(67)68)59(96)79-54(37(3)87)63(100)74-43(58(95)73-35)13-6-7-21-66/h4-5,11-12,17-20,27,32,35-37,43-49,53-54,71,80-81,85-88,102H,6-10,13-16,21-26,28-31,33-34,66H2,1-3H3,(H,69,90)(H,72,98)(H,73,95)(H,74,100)(H,75,99)(H,76,97)(H,77,94)(H,78,89)(H,79,96)(H4,67,68,70)/t35-,36+,37+,43?,44?,45-,46?,47-,48-,49-,53-,54-/m0/s1. The molecule has 0 spiro atoms. The lowest BCUT2D eigenvalue weighted by Crippen LogP contribution is -2.62. The zero-order chi connectivity index (χ0) is 75.2. The summed E-state index contributed by atoms with van der Waals surface area (Å²) in [6, 6.07) is -4.21. The summed E-state index contributed by atoms with van der Waals surface area (Å²) in [6.07, 6.45) is -2.84. The van der Waals surface area contributed by atoms with E-state index in [1.54, 1.807) is 24.3 Å². The molecule has 2 aliphatic heterocycles. The first-order chi connectivity index (χ1) is 48.6. The highest BCUT2D eigenvalue weighted by Gasteiger charge is 2.42. The molecule has 1 aromatic heterocycles. The topological polar surface area (TPSA) is 565 Å². The van der Waals surface area contributed by atoms with Crippen molar-refractivity contribution in [2.24, 2.45) is 22.2 Å². The van der Waals surface area contributed by atoms with Gasteiger partial charge in [0.15, 0.2) is 5.96 Å². The number of thiol groups is 1. The molecule has 5 rings (SSSR count). The number of likely N-dealkylation sites (tertiary alicyclic amines) is 1. The number of carbonyl (C=O) groups excluding carboxylic acids is 14. The summed E-state index contributed by atoms with van der Waals surface area (Å²) in [6.45, 7) is 1.21. The summed E-state index contributed by atoms with van der Waals surface area (Å²) in [5.41, 5.74) is 23.3. The molecule has 3 heterocycles. The van der Waals surface area contributed by atoms with Gasteiger partial charge in [-0.2, -0.15) is 12.6 Å². The van der Waals surface area contributed by atoms with Crippen molar-refractivity contribution < 1.29 is 87.5 Å². The lowest BCUT2D eigenvalue weighted by molar-refractivity contribution is -0.144. The number of Topliss-reactive ketones (excluding diaryl/α,β-unsaturated/α-hetero) is 2. The maximum atomic E-state index is 15.0. The summed E-state index contributed by atoms with van der Waals surface area (Å²) in [5, 5.41) is 65.8. The molecule has 2 aliphatic rings. The van der Waals surface area contributed by atoms with Crippen molar-refractivity contribution in [1.29, 1.82) is 0 Å². The fraction of sp³-hybridized carbons (Fsp3) is 0.554. The van der Waals surface area contributed by atoms with Gasteiger partial charge in [0.2, 0.25) is 76.5 Å². The first-order valence-electron chi connectivity index (χ1n) is 33.5. The second-order valence-electron chi connectivity index (χ2n) is 24.8. The van der Waals surface area contributed by atoms with E-state index in [2.05, 4.69) is 81.3 Å². The molecule has 11 amide bonds. The normalized spacial score (nSPS) is 24.0. The number of amides is 11. The lowest BCUT2D eigenvalue weighted by atomic mass is 9.96. The van der Waals surface area contributed by atoms with Gasteiger partial charge >= 0.3 is 0 Å². The number of aromatic nitrogens is 1. The molecule has 22 N–H and O–H groups in total. The van der Waals surface area contributed by atoms with Crippen LogP contribution in [0.5, 0.6) is 5.75 Å². The van der Waals surface area contributed by atoms with Crippen molar-refractivity contribution in [2.45, 2.75) is 170 Å². The average Bonchev–Trinajstić information content (AvgIpc) is 1.60. The number of phenolic OH excluding ortho intramolecular Hbond substituents is 1. The number of aldehydes is 1. The molecule has 36 nitrogen and oxygen atoms in total. The van der Waals surface area contributed by atoms with Crippen LogP contribution in [0.3, 0.4) is 0 Å². The van der Waals surface area contributed by atoms with E-state index in [0.29, 0.717) is 34.7 Å². The minimum absolute atomic E-state index is 0.0188. The number of unbranched alkanes of at least 4 members (excludes halogenated alkanes) is 1. The first-order valence-corrected chi connectivity index (χ1v) is 34.2. The van der Waals surface area contributed by atoms with E-state index in [4.69, 9.17) is 17.2 Å². The number of para-hydroxylation sites is 1. The van der Waals surface area contributed by atoms with E-state index < -0.39 is 182 Å². The zero-order valence-corrected chi connectivity index (χ0v) is 58.0. The highest BCUT2D eigenvalue weighted by Crippen LogP contribution is 2.23. The number of fused-ring (bicyclic) bond motifs is 1. The van der Waals surface area contributed by atoms with E-state index >= 15 is 0 Å². The quantitative estimate of drug-likeness (QED) is 0.0105. The number of hydrogen-bond donors (Lipinski definition) is 20. The van der Waals surface area contributed by atoms with Crippen LogP contribution in [-0.2, 0) is 80.0 Å². The molecule has 3 aromatic rings. The van der Waals surface area contributed by atoms with E-state index in [0.717, 1.165) is 11.8 Å². The van der Waals surface area contributed by atoms with Gasteiger partial charge in [0.05, 0.1) is 44.4 Å². The third-order valence-corrected chi connectivity index (χ3v) is 17.0. The highest BCUT2D eigenvalue weighted by molar-refractivity contribution is 7.80. The minimum atomic E-state index is -1.96. The number of guanidine groups is 1. The van der Waals surface area contributed by atoms with Crippen molar-refractivity contribution >= 4 is 112 Å². The van der Waals surface area contributed by atoms with Crippen LogP contribution in [0.2, 0.25) is 0 Å². The Morgan fingerprint density at radius 1 is 0.716 bits per heavy atom. The van der Waals surface area contributed by atoms with Crippen molar-refractivity contribution in [1.82, 2.24) is 73.5 Å². The number of hydrazine groups is 1. The molecular weight excluding hydrogens is 1350 g/mol. The highest BCUT2D eigenvalue weighted by atomic mass is 32.1. The molecule has 560 valence electrons. The molecule has 0 saturated carbocycles. The molecule has 2 aromatic carbocycles. The number of aliphatic imine (C=N–C) groups is 1. The molecule has 2 fully saturated rings. The summed E-state index contributed by atoms with van der Waals surface area (Å²) in [7, 11) is 0. The third kappa shape index (κ3) is 25.7. The van der Waals surface area contributed by atoms with Crippen molar-refractivity contribution in [3.63, 3.8) is 0 Å². The Morgan fingerprint density at radius 3 is 1.97 bits per heavy atom. The Kier molecular flexibility index (Phi) is 34.1. The number of benzene rings is 2. The van der Waals surface area contributed by atoms with Gasteiger partial charge in [-0.3, -0.25) is 67.3 Å². The fourth-order valence-corrected chi connectivity index (χ4v) is 11.5. The number of carbonyl (C=O) groups is 14. The Morgan fingerprint density at radius 2 is 1.33 bits per heavy atom. The van der Waals surface area contributed by atoms with Crippen LogP contribution >= 0.6 is 12.6 Å². The molecule has 102 heavy (non-hydrogen) atoms. The molecule has 0 radical (unpaired) electrons. The Bertz CT molecular complexity index is 3440. The summed E-state index contributed by atoms with van der Waals surface area (Å²) in [5.74, 6) is -13.5. The second kappa shape index (κ2) is 41.9. The van der Waals surface area contributed by atoms with Gasteiger partial charge in [-0.05, 0) is 108 Å². The first kappa shape index (κ1) is 83.0. The number of ketones is 2. The Balaban J connectivity index is 1.61.